The van der Waals surface area contributed by atoms with Gasteiger partial charge < -0.3 is 4.90 Å². The first-order valence-electron chi connectivity index (χ1n) is 7.39. The van der Waals surface area contributed by atoms with E-state index < -0.39 is 0 Å². The van der Waals surface area contributed by atoms with Crippen molar-refractivity contribution in [2.24, 2.45) is 0 Å². The summed E-state index contributed by atoms with van der Waals surface area (Å²) in [6.07, 6.45) is 7.32. The average Bonchev–Trinajstić information content (AvgIpc) is 2.44. The molecular formula is C16H23BrFN. The predicted molar refractivity (Wildman–Crippen MR) is 81.9 cm³/mol. The molecule has 1 aromatic carbocycles. The molecule has 1 fully saturated rings. The van der Waals surface area contributed by atoms with Gasteiger partial charge >= 0.3 is 0 Å². The minimum Gasteiger partial charge on any atom is -0.300 e. The highest BCUT2D eigenvalue weighted by Gasteiger charge is 2.21. The lowest BCUT2D eigenvalue weighted by Crippen LogP contribution is -2.40. The summed E-state index contributed by atoms with van der Waals surface area (Å²) in [5.41, 5.74) is 1.10. The number of hydrogen-bond donors (Lipinski definition) is 0. The van der Waals surface area contributed by atoms with E-state index in [4.69, 9.17) is 0 Å². The van der Waals surface area contributed by atoms with Crippen LogP contribution in [0.3, 0.4) is 0 Å². The van der Waals surface area contributed by atoms with Crippen molar-refractivity contribution in [3.05, 3.63) is 34.1 Å². The molecular weight excluding hydrogens is 305 g/mol. The third kappa shape index (κ3) is 4.03. The third-order valence-corrected chi connectivity index (χ3v) is 4.90. The molecule has 0 radical (unpaired) electrons. The molecule has 1 aliphatic rings. The van der Waals surface area contributed by atoms with Gasteiger partial charge in [0.05, 0.1) is 4.47 Å². The molecule has 0 N–H and O–H groups in total. The first-order valence-corrected chi connectivity index (χ1v) is 8.18. The summed E-state index contributed by atoms with van der Waals surface area (Å²) >= 11 is 3.39. The van der Waals surface area contributed by atoms with Crippen LogP contribution in [0.2, 0.25) is 0 Å². The highest BCUT2D eigenvalue weighted by molar-refractivity contribution is 9.10. The molecule has 1 aliphatic heterocycles. The van der Waals surface area contributed by atoms with Crippen LogP contribution in [0, 0.1) is 5.82 Å². The maximum Gasteiger partial charge on any atom is 0.137 e. The van der Waals surface area contributed by atoms with Crippen LogP contribution in [0.1, 0.15) is 44.6 Å². The largest absolute Gasteiger partial charge is 0.300 e. The molecule has 0 aliphatic carbocycles. The van der Waals surface area contributed by atoms with Crippen LogP contribution in [0.5, 0.6) is 0 Å². The van der Waals surface area contributed by atoms with Gasteiger partial charge in [-0.2, -0.15) is 0 Å². The highest BCUT2D eigenvalue weighted by atomic mass is 79.9. The maximum atomic E-state index is 13.6. The van der Waals surface area contributed by atoms with Crippen LogP contribution >= 0.6 is 15.9 Å². The normalized spacial score (nSPS) is 18.5. The lowest BCUT2D eigenvalue weighted by molar-refractivity contribution is 0.153. The molecule has 1 nitrogen and oxygen atoms in total. The Bertz CT molecular complexity index is 402. The topological polar surface area (TPSA) is 3.24 Å². The van der Waals surface area contributed by atoms with Gasteiger partial charge in [0.2, 0.25) is 0 Å². The fraction of sp³-hybridized carbons (Fsp3) is 0.625. The quantitative estimate of drug-likeness (QED) is 0.751. The third-order valence-electron chi connectivity index (χ3n) is 4.02. The zero-order valence-electron chi connectivity index (χ0n) is 11.7. The van der Waals surface area contributed by atoms with Gasteiger partial charge in [0, 0.05) is 6.04 Å². The van der Waals surface area contributed by atoms with Gasteiger partial charge in [0.15, 0.2) is 0 Å². The Balaban J connectivity index is 2.08. The van der Waals surface area contributed by atoms with Crippen LogP contribution in [0.4, 0.5) is 4.39 Å². The zero-order valence-corrected chi connectivity index (χ0v) is 13.3. The molecule has 1 heterocycles. The number of benzene rings is 1. The molecule has 1 saturated heterocycles. The van der Waals surface area contributed by atoms with Crippen molar-refractivity contribution in [2.45, 2.75) is 51.5 Å². The van der Waals surface area contributed by atoms with Gasteiger partial charge in [-0.3, -0.25) is 0 Å². The Morgan fingerprint density at radius 2 is 2.00 bits per heavy atom. The molecule has 106 valence electrons. The lowest BCUT2D eigenvalue weighted by Gasteiger charge is -2.35. The number of halogens is 2. The average molecular weight is 328 g/mol. The van der Waals surface area contributed by atoms with Crippen LogP contribution in [-0.2, 0) is 6.42 Å². The van der Waals surface area contributed by atoms with Gasteiger partial charge in [-0.25, -0.2) is 4.39 Å². The summed E-state index contributed by atoms with van der Waals surface area (Å²) in [7, 11) is 0. The molecule has 2 rings (SSSR count). The van der Waals surface area contributed by atoms with Crippen LogP contribution in [-0.4, -0.2) is 24.0 Å². The summed E-state index contributed by atoms with van der Waals surface area (Å²) in [6.45, 7) is 4.65. The second-order valence-electron chi connectivity index (χ2n) is 5.46. The van der Waals surface area contributed by atoms with Crippen LogP contribution in [0.15, 0.2) is 22.7 Å². The summed E-state index contributed by atoms with van der Waals surface area (Å²) in [5, 5.41) is 0. The highest BCUT2D eigenvalue weighted by Crippen LogP contribution is 2.25. The van der Waals surface area contributed by atoms with Crippen LogP contribution < -0.4 is 0 Å². The molecule has 1 atom stereocenters. The van der Waals surface area contributed by atoms with E-state index in [0.717, 1.165) is 12.0 Å². The van der Waals surface area contributed by atoms with Crippen molar-refractivity contribution in [3.63, 3.8) is 0 Å². The van der Waals surface area contributed by atoms with Crippen molar-refractivity contribution < 1.29 is 4.39 Å². The monoisotopic (exact) mass is 327 g/mol. The Labute approximate surface area is 124 Å². The lowest BCUT2D eigenvalue weighted by atomic mass is 9.98. The van der Waals surface area contributed by atoms with E-state index >= 15 is 0 Å². The molecule has 3 heteroatoms. The summed E-state index contributed by atoms with van der Waals surface area (Å²) in [6, 6.07) is 5.93. The molecule has 0 spiro atoms. The second-order valence-corrected chi connectivity index (χ2v) is 6.25. The number of hydrogen-bond acceptors (Lipinski definition) is 1. The zero-order chi connectivity index (χ0) is 13.7. The standard InChI is InChI=1S/C16H23BrFN/c1-2-7-14(19-10-4-3-5-11-19)12-13-8-6-9-15(18)16(13)17/h6,8-9,14H,2-5,7,10-12H2,1H3. The van der Waals surface area contributed by atoms with E-state index in [1.807, 2.05) is 12.1 Å². The smallest absolute Gasteiger partial charge is 0.137 e. The number of nitrogens with zero attached hydrogens (tertiary/aromatic N) is 1. The maximum absolute atomic E-state index is 13.6. The SMILES string of the molecule is CCCC(Cc1cccc(F)c1Br)N1CCCCC1. The number of likely N-dealkylation sites (tertiary alicyclic amines) is 1. The molecule has 1 aromatic rings. The Kier molecular flexibility index (Phi) is 5.83. The molecule has 0 aromatic heterocycles. The number of rotatable bonds is 5. The Morgan fingerprint density at radius 1 is 1.26 bits per heavy atom. The van der Waals surface area contributed by atoms with E-state index in [9.17, 15) is 4.39 Å². The molecule has 0 amide bonds. The van der Waals surface area contributed by atoms with Crippen LogP contribution in [0.25, 0.3) is 0 Å². The summed E-state index contributed by atoms with van der Waals surface area (Å²) in [4.78, 5) is 2.60. The molecule has 0 saturated carbocycles. The molecule has 0 bridgehead atoms. The minimum atomic E-state index is -0.147. The predicted octanol–water partition coefficient (Wildman–Crippen LogP) is 4.79. The Morgan fingerprint density at radius 3 is 2.68 bits per heavy atom. The van der Waals surface area contributed by atoms with Gasteiger partial charge in [0.25, 0.3) is 0 Å². The number of piperidine rings is 1. The van der Waals surface area contributed by atoms with Crippen molar-refractivity contribution >= 4 is 15.9 Å². The van der Waals surface area contributed by atoms with Crippen molar-refractivity contribution in [3.8, 4) is 0 Å². The minimum absolute atomic E-state index is 0.147. The van der Waals surface area contributed by atoms with Gasteiger partial charge in [-0.15, -0.1) is 0 Å². The van der Waals surface area contributed by atoms with Gasteiger partial charge in [-0.05, 0) is 66.3 Å². The van der Waals surface area contributed by atoms with E-state index in [1.165, 1.54) is 51.3 Å². The summed E-state index contributed by atoms with van der Waals surface area (Å²) < 4.78 is 14.2. The van der Waals surface area contributed by atoms with Gasteiger partial charge in [-0.1, -0.05) is 31.9 Å². The first kappa shape index (κ1) is 15.0. The second kappa shape index (κ2) is 7.39. The first-order chi connectivity index (χ1) is 9.22. The van der Waals surface area contributed by atoms with Crippen molar-refractivity contribution in [2.75, 3.05) is 13.1 Å². The van der Waals surface area contributed by atoms with Crippen molar-refractivity contribution in [1.82, 2.24) is 4.90 Å². The van der Waals surface area contributed by atoms with Gasteiger partial charge in [0.1, 0.15) is 5.82 Å². The van der Waals surface area contributed by atoms with E-state index in [2.05, 4.69) is 27.8 Å². The van der Waals surface area contributed by atoms with E-state index in [-0.39, 0.29) is 5.82 Å². The molecule has 19 heavy (non-hydrogen) atoms. The fourth-order valence-corrected chi connectivity index (χ4v) is 3.42. The van der Waals surface area contributed by atoms with E-state index in [1.54, 1.807) is 0 Å². The van der Waals surface area contributed by atoms with E-state index in [0.29, 0.717) is 10.5 Å². The molecule has 1 unspecified atom stereocenters. The Hall–Kier alpha value is -0.410. The fourth-order valence-electron chi connectivity index (χ4n) is 2.99. The summed E-state index contributed by atoms with van der Waals surface area (Å²) in [5.74, 6) is -0.147. The van der Waals surface area contributed by atoms with Crippen molar-refractivity contribution in [1.29, 1.82) is 0 Å².